The van der Waals surface area contributed by atoms with Crippen molar-refractivity contribution in [1.29, 1.82) is 0 Å². The van der Waals surface area contributed by atoms with E-state index >= 15 is 0 Å². The lowest BCUT2D eigenvalue weighted by atomic mass is 9.99. The lowest BCUT2D eigenvalue weighted by Crippen LogP contribution is -2.50. The van der Waals surface area contributed by atoms with Gasteiger partial charge in [-0.3, -0.25) is 9.59 Å². The number of likely N-dealkylation sites (N-methyl/N-ethyl adjacent to an activating group) is 1. The highest BCUT2D eigenvalue weighted by Gasteiger charge is 2.34. The highest BCUT2D eigenvalue weighted by Crippen LogP contribution is 2.35. The van der Waals surface area contributed by atoms with Gasteiger partial charge in [-0.15, -0.1) is 0 Å². The first-order chi connectivity index (χ1) is 22.6. The molecule has 0 saturated heterocycles. The van der Waals surface area contributed by atoms with E-state index in [0.29, 0.717) is 35.2 Å². The van der Waals surface area contributed by atoms with E-state index in [2.05, 4.69) is 10.6 Å². The minimum absolute atomic E-state index is 0.137. The molecule has 2 aliphatic heterocycles. The third-order valence-electron chi connectivity index (χ3n) is 8.70. The number of benzene rings is 3. The molecule has 0 saturated carbocycles. The Morgan fingerprint density at radius 1 is 1.02 bits per heavy atom. The van der Waals surface area contributed by atoms with Gasteiger partial charge in [0.1, 0.15) is 11.9 Å². The third kappa shape index (κ3) is 6.68. The molecule has 3 N–H and O–H groups in total. The van der Waals surface area contributed by atoms with Crippen LogP contribution in [0.1, 0.15) is 29.8 Å². The first-order valence-corrected chi connectivity index (χ1v) is 15.6. The number of aromatic nitrogens is 1. The maximum atomic E-state index is 13.9. The van der Waals surface area contributed by atoms with E-state index in [1.54, 1.807) is 55.3 Å². The number of rotatable bonds is 8. The van der Waals surface area contributed by atoms with Gasteiger partial charge in [-0.05, 0) is 48.9 Å². The molecule has 1 aromatic heterocycles. The van der Waals surface area contributed by atoms with Gasteiger partial charge in [-0.25, -0.2) is 4.79 Å². The molecule has 47 heavy (non-hydrogen) atoms. The normalized spacial score (nSPS) is 17.7. The van der Waals surface area contributed by atoms with Crippen LogP contribution < -0.4 is 24.8 Å². The van der Waals surface area contributed by atoms with E-state index in [4.69, 9.17) is 14.2 Å². The standard InChI is InChI=1S/C35H39N5O7/c1-21-16-40(22(2)19-41)34(43)27-14-24(36-33(42)13-23-17-38(3)28-8-6-5-7-26(23)28)9-11-29(27)47-32(21)18-39(4)35(44)37-25-10-12-30-31(15-25)46-20-45-30/h5-12,14-15,17,21-22,32,41H,13,16,18-20H2,1-4H3,(H,36,42)(H,37,44)/t21-,22+,32-/m0/s1. The second kappa shape index (κ2) is 13.2. The molecule has 3 aromatic carbocycles. The van der Waals surface area contributed by atoms with E-state index in [0.717, 1.165) is 16.5 Å². The Labute approximate surface area is 272 Å². The molecule has 4 amide bonds. The Hall–Kier alpha value is -5.23. The summed E-state index contributed by atoms with van der Waals surface area (Å²) in [6.07, 6.45) is 1.62. The number of anilines is 2. The average molecular weight is 642 g/mol. The number of carbonyl (C=O) groups excluding carboxylic acids is 3. The smallest absolute Gasteiger partial charge is 0.321 e. The Kier molecular flexibility index (Phi) is 8.95. The van der Waals surface area contributed by atoms with Gasteiger partial charge in [-0.1, -0.05) is 25.1 Å². The van der Waals surface area contributed by atoms with E-state index in [-0.39, 0.29) is 55.7 Å². The molecule has 3 heterocycles. The summed E-state index contributed by atoms with van der Waals surface area (Å²) in [5.74, 6) is 0.787. The number of nitrogens with one attached hydrogen (secondary N) is 2. The first-order valence-electron chi connectivity index (χ1n) is 15.6. The number of aliphatic hydroxyl groups is 1. The van der Waals surface area contributed by atoms with Crippen LogP contribution in [0.4, 0.5) is 16.2 Å². The van der Waals surface area contributed by atoms with Gasteiger partial charge in [0, 0.05) is 61.1 Å². The second-order valence-electron chi connectivity index (χ2n) is 12.2. The Balaban J connectivity index is 1.20. The average Bonchev–Trinajstić information content (AvgIpc) is 3.66. The highest BCUT2D eigenvalue weighted by atomic mass is 16.7. The zero-order chi connectivity index (χ0) is 33.2. The fraction of sp³-hybridized carbons (Fsp3) is 0.343. The molecule has 0 bridgehead atoms. The molecule has 246 valence electrons. The van der Waals surface area contributed by atoms with Crippen LogP contribution in [-0.4, -0.2) is 83.0 Å². The predicted molar refractivity (Wildman–Crippen MR) is 177 cm³/mol. The fourth-order valence-corrected chi connectivity index (χ4v) is 6.01. The number of aryl methyl sites for hydroxylation is 1. The molecular weight excluding hydrogens is 602 g/mol. The van der Waals surface area contributed by atoms with Crippen molar-refractivity contribution in [1.82, 2.24) is 14.4 Å². The fourth-order valence-electron chi connectivity index (χ4n) is 6.01. The van der Waals surface area contributed by atoms with Crippen LogP contribution in [0, 0.1) is 5.92 Å². The molecule has 12 nitrogen and oxygen atoms in total. The van der Waals surface area contributed by atoms with Crippen LogP contribution in [0.5, 0.6) is 17.2 Å². The van der Waals surface area contributed by atoms with Crippen LogP contribution in [0.3, 0.4) is 0 Å². The monoisotopic (exact) mass is 641 g/mol. The Morgan fingerprint density at radius 3 is 2.53 bits per heavy atom. The second-order valence-corrected chi connectivity index (χ2v) is 12.2. The number of para-hydroxylation sites is 1. The number of nitrogens with zero attached hydrogens (tertiary/aromatic N) is 3. The van der Waals surface area contributed by atoms with Gasteiger partial charge in [0.05, 0.1) is 31.2 Å². The molecular formula is C35H39N5O7. The molecule has 0 unspecified atom stereocenters. The maximum absolute atomic E-state index is 13.9. The van der Waals surface area contributed by atoms with Crippen molar-refractivity contribution < 1.29 is 33.7 Å². The number of ether oxygens (including phenoxy) is 3. The summed E-state index contributed by atoms with van der Waals surface area (Å²) in [7, 11) is 3.62. The summed E-state index contributed by atoms with van der Waals surface area (Å²) in [5.41, 5.74) is 3.21. The summed E-state index contributed by atoms with van der Waals surface area (Å²) < 4.78 is 19.2. The summed E-state index contributed by atoms with van der Waals surface area (Å²) in [6, 6.07) is 17.3. The molecule has 0 radical (unpaired) electrons. The molecule has 3 atom stereocenters. The molecule has 4 aromatic rings. The zero-order valence-electron chi connectivity index (χ0n) is 26.9. The number of amides is 4. The number of aliphatic hydroxyl groups excluding tert-OH is 1. The number of urea groups is 1. The number of fused-ring (bicyclic) bond motifs is 3. The van der Waals surface area contributed by atoms with Gasteiger partial charge in [0.15, 0.2) is 11.5 Å². The largest absolute Gasteiger partial charge is 0.487 e. The number of carbonyl (C=O) groups is 3. The Bertz CT molecular complexity index is 1820. The van der Waals surface area contributed by atoms with Crippen LogP contribution in [0.2, 0.25) is 0 Å². The quantitative estimate of drug-likeness (QED) is 0.259. The van der Waals surface area contributed by atoms with Crippen molar-refractivity contribution in [3.05, 3.63) is 78.0 Å². The van der Waals surface area contributed by atoms with Gasteiger partial charge in [0.2, 0.25) is 12.7 Å². The van der Waals surface area contributed by atoms with E-state index in [1.165, 1.54) is 4.90 Å². The summed E-state index contributed by atoms with van der Waals surface area (Å²) in [6.45, 7) is 4.15. The van der Waals surface area contributed by atoms with Crippen molar-refractivity contribution in [2.45, 2.75) is 32.4 Å². The lowest BCUT2D eigenvalue weighted by molar-refractivity contribution is -0.115. The topological polar surface area (TPSA) is 135 Å². The zero-order valence-corrected chi connectivity index (χ0v) is 26.9. The van der Waals surface area contributed by atoms with E-state index in [1.807, 2.05) is 49.0 Å². The van der Waals surface area contributed by atoms with Crippen molar-refractivity contribution in [2.75, 3.05) is 44.2 Å². The summed E-state index contributed by atoms with van der Waals surface area (Å²) >= 11 is 0. The van der Waals surface area contributed by atoms with E-state index in [9.17, 15) is 19.5 Å². The third-order valence-corrected chi connectivity index (χ3v) is 8.70. The van der Waals surface area contributed by atoms with Gasteiger partial charge in [-0.2, -0.15) is 0 Å². The summed E-state index contributed by atoms with van der Waals surface area (Å²) in [5, 5.41) is 16.8. The van der Waals surface area contributed by atoms with Crippen LogP contribution in [0.25, 0.3) is 10.9 Å². The van der Waals surface area contributed by atoms with Crippen molar-refractivity contribution in [3.63, 3.8) is 0 Å². The number of hydrogen-bond acceptors (Lipinski definition) is 7. The molecule has 2 aliphatic rings. The minimum atomic E-state index is -0.491. The highest BCUT2D eigenvalue weighted by molar-refractivity contribution is 6.01. The van der Waals surface area contributed by atoms with Crippen molar-refractivity contribution in [3.8, 4) is 17.2 Å². The van der Waals surface area contributed by atoms with Crippen molar-refractivity contribution >= 4 is 40.1 Å². The van der Waals surface area contributed by atoms with Gasteiger partial charge >= 0.3 is 6.03 Å². The van der Waals surface area contributed by atoms with Crippen molar-refractivity contribution in [2.24, 2.45) is 13.0 Å². The Morgan fingerprint density at radius 2 is 1.74 bits per heavy atom. The maximum Gasteiger partial charge on any atom is 0.321 e. The van der Waals surface area contributed by atoms with Crippen LogP contribution in [-0.2, 0) is 18.3 Å². The SMILES string of the molecule is C[C@H](CO)N1C[C@H](C)[C@H](CN(C)C(=O)Nc2ccc3c(c2)OCO3)Oc2ccc(NC(=O)Cc3cn(C)c4ccccc34)cc2C1=O. The summed E-state index contributed by atoms with van der Waals surface area (Å²) in [4.78, 5) is 43.3. The molecule has 12 heteroatoms. The van der Waals surface area contributed by atoms with Gasteiger partial charge < -0.3 is 44.3 Å². The lowest BCUT2D eigenvalue weighted by Gasteiger charge is -2.38. The van der Waals surface area contributed by atoms with Crippen LogP contribution >= 0.6 is 0 Å². The van der Waals surface area contributed by atoms with Crippen LogP contribution in [0.15, 0.2) is 66.9 Å². The van der Waals surface area contributed by atoms with Gasteiger partial charge in [0.25, 0.3) is 5.91 Å². The number of hydrogen-bond donors (Lipinski definition) is 3. The molecule has 0 fully saturated rings. The predicted octanol–water partition coefficient (Wildman–Crippen LogP) is 4.47. The molecule has 0 aliphatic carbocycles. The molecule has 6 rings (SSSR count). The van der Waals surface area contributed by atoms with E-state index < -0.39 is 12.1 Å². The minimum Gasteiger partial charge on any atom is -0.487 e. The molecule has 0 spiro atoms. The first kappa shape index (κ1) is 31.7.